The molecular formula is C12H14N2O. The normalized spacial score (nSPS) is 10.8. The second kappa shape index (κ2) is 3.85. The van der Waals surface area contributed by atoms with Crippen LogP contribution in [0.2, 0.25) is 0 Å². The molecule has 0 radical (unpaired) electrons. The van der Waals surface area contributed by atoms with Crippen LogP contribution < -0.4 is 5.56 Å². The summed E-state index contributed by atoms with van der Waals surface area (Å²) >= 11 is 0. The summed E-state index contributed by atoms with van der Waals surface area (Å²) in [4.78, 5) is 11.6. The van der Waals surface area contributed by atoms with E-state index in [0.29, 0.717) is 0 Å². The van der Waals surface area contributed by atoms with Crippen LogP contribution in [-0.4, -0.2) is 10.2 Å². The predicted molar refractivity (Wildman–Crippen MR) is 61.1 cm³/mol. The summed E-state index contributed by atoms with van der Waals surface area (Å²) in [6.07, 6.45) is 1.78. The lowest BCUT2D eigenvalue weighted by Gasteiger charge is -2.03. The molecule has 1 heterocycles. The summed E-state index contributed by atoms with van der Waals surface area (Å²) in [7, 11) is 0. The van der Waals surface area contributed by atoms with Gasteiger partial charge < -0.3 is 0 Å². The van der Waals surface area contributed by atoms with E-state index >= 15 is 0 Å². The lowest BCUT2D eigenvalue weighted by molar-refractivity contribution is 0.918. The molecule has 15 heavy (non-hydrogen) atoms. The van der Waals surface area contributed by atoms with Crippen molar-refractivity contribution in [3.63, 3.8) is 0 Å². The molecule has 1 aromatic heterocycles. The van der Waals surface area contributed by atoms with E-state index in [1.807, 2.05) is 19.1 Å². The highest BCUT2D eigenvalue weighted by atomic mass is 16.1. The smallest absolute Gasteiger partial charge is 0.267 e. The molecule has 0 amide bonds. The minimum atomic E-state index is -0.0995. The zero-order valence-electron chi connectivity index (χ0n) is 9.00. The Morgan fingerprint density at radius 3 is 2.67 bits per heavy atom. The molecule has 0 fully saturated rings. The number of aryl methyl sites for hydroxylation is 2. The monoisotopic (exact) mass is 202 g/mol. The fourth-order valence-corrected chi connectivity index (χ4v) is 1.76. The number of nitrogens with one attached hydrogen (secondary N) is 1. The first-order valence-corrected chi connectivity index (χ1v) is 5.26. The molecule has 0 spiro atoms. The molecule has 0 aliphatic rings. The molecule has 78 valence electrons. The van der Waals surface area contributed by atoms with Crippen LogP contribution in [0, 0.1) is 0 Å². The van der Waals surface area contributed by atoms with Crippen LogP contribution in [0.3, 0.4) is 0 Å². The minimum absolute atomic E-state index is 0.0995. The molecule has 0 bridgehead atoms. The SMILES string of the molecule is CCc1ccc2c(CC)n[nH]c(=O)c2c1. The number of H-pyrrole nitrogens is 1. The van der Waals surface area contributed by atoms with Crippen molar-refractivity contribution in [2.24, 2.45) is 0 Å². The van der Waals surface area contributed by atoms with Gasteiger partial charge in [0.15, 0.2) is 0 Å². The maximum atomic E-state index is 11.6. The van der Waals surface area contributed by atoms with Crippen LogP contribution >= 0.6 is 0 Å². The molecule has 0 aliphatic carbocycles. The number of nitrogens with zero attached hydrogens (tertiary/aromatic N) is 1. The van der Waals surface area contributed by atoms with Gasteiger partial charge in [-0.1, -0.05) is 26.0 Å². The molecule has 0 atom stereocenters. The van der Waals surface area contributed by atoms with E-state index in [4.69, 9.17) is 0 Å². The minimum Gasteiger partial charge on any atom is -0.267 e. The topological polar surface area (TPSA) is 45.8 Å². The van der Waals surface area contributed by atoms with Gasteiger partial charge in [-0.25, -0.2) is 5.10 Å². The highest BCUT2D eigenvalue weighted by molar-refractivity contribution is 5.84. The number of fused-ring (bicyclic) bond motifs is 1. The first-order valence-electron chi connectivity index (χ1n) is 5.26. The molecule has 2 aromatic rings. The highest BCUT2D eigenvalue weighted by Gasteiger charge is 2.04. The zero-order chi connectivity index (χ0) is 10.8. The lowest BCUT2D eigenvalue weighted by Crippen LogP contribution is -2.11. The van der Waals surface area contributed by atoms with E-state index in [1.54, 1.807) is 0 Å². The van der Waals surface area contributed by atoms with Crippen molar-refractivity contribution in [3.8, 4) is 0 Å². The Morgan fingerprint density at radius 2 is 2.00 bits per heavy atom. The van der Waals surface area contributed by atoms with Gasteiger partial charge in [-0.05, 0) is 24.5 Å². The van der Waals surface area contributed by atoms with Gasteiger partial charge in [0.05, 0.1) is 11.1 Å². The molecule has 0 saturated carbocycles. The molecule has 2 rings (SSSR count). The van der Waals surface area contributed by atoms with E-state index in [1.165, 1.54) is 5.56 Å². The third-order valence-electron chi connectivity index (χ3n) is 2.68. The first-order chi connectivity index (χ1) is 7.26. The van der Waals surface area contributed by atoms with Crippen molar-refractivity contribution in [1.82, 2.24) is 10.2 Å². The number of hydrogen-bond acceptors (Lipinski definition) is 2. The number of rotatable bonds is 2. The Labute approximate surface area is 88.1 Å². The molecule has 1 N–H and O–H groups in total. The Balaban J connectivity index is 2.81. The third kappa shape index (κ3) is 1.65. The summed E-state index contributed by atoms with van der Waals surface area (Å²) in [6.45, 7) is 4.12. The van der Waals surface area contributed by atoms with E-state index in [-0.39, 0.29) is 5.56 Å². The van der Waals surface area contributed by atoms with Crippen LogP contribution in [0.25, 0.3) is 10.8 Å². The Morgan fingerprint density at radius 1 is 1.20 bits per heavy atom. The van der Waals surface area contributed by atoms with Crippen molar-refractivity contribution in [2.75, 3.05) is 0 Å². The number of benzene rings is 1. The Bertz CT molecular complexity index is 543. The van der Waals surface area contributed by atoms with Crippen molar-refractivity contribution < 1.29 is 0 Å². The first kappa shape index (κ1) is 9.90. The fourth-order valence-electron chi connectivity index (χ4n) is 1.76. The molecule has 0 unspecified atom stereocenters. The summed E-state index contributed by atoms with van der Waals surface area (Å²) in [5.41, 5.74) is 2.03. The van der Waals surface area contributed by atoms with Crippen LogP contribution in [-0.2, 0) is 12.8 Å². The van der Waals surface area contributed by atoms with E-state index < -0.39 is 0 Å². The number of hydrogen-bond donors (Lipinski definition) is 1. The molecular weight excluding hydrogens is 188 g/mol. The Hall–Kier alpha value is -1.64. The predicted octanol–water partition coefficient (Wildman–Crippen LogP) is 2.05. The molecule has 3 nitrogen and oxygen atoms in total. The van der Waals surface area contributed by atoms with E-state index in [9.17, 15) is 4.79 Å². The highest BCUT2D eigenvalue weighted by Crippen LogP contribution is 2.15. The molecule has 1 aromatic carbocycles. The average Bonchev–Trinajstić information content (AvgIpc) is 2.29. The summed E-state index contributed by atoms with van der Waals surface area (Å²) in [6, 6.07) is 6.01. The van der Waals surface area contributed by atoms with E-state index in [0.717, 1.165) is 29.3 Å². The van der Waals surface area contributed by atoms with Gasteiger partial charge in [0.2, 0.25) is 0 Å². The summed E-state index contributed by atoms with van der Waals surface area (Å²) in [5.74, 6) is 0. The second-order valence-corrected chi connectivity index (χ2v) is 3.59. The van der Waals surface area contributed by atoms with Gasteiger partial charge in [-0.2, -0.15) is 5.10 Å². The molecule has 0 saturated heterocycles. The summed E-state index contributed by atoms with van der Waals surface area (Å²) < 4.78 is 0. The van der Waals surface area contributed by atoms with Crippen molar-refractivity contribution >= 4 is 10.8 Å². The lowest BCUT2D eigenvalue weighted by atomic mass is 10.1. The van der Waals surface area contributed by atoms with Crippen LogP contribution in [0.1, 0.15) is 25.1 Å². The van der Waals surface area contributed by atoms with Crippen molar-refractivity contribution in [2.45, 2.75) is 26.7 Å². The van der Waals surface area contributed by atoms with E-state index in [2.05, 4.69) is 23.2 Å². The van der Waals surface area contributed by atoms with Crippen molar-refractivity contribution in [1.29, 1.82) is 0 Å². The second-order valence-electron chi connectivity index (χ2n) is 3.59. The van der Waals surface area contributed by atoms with Gasteiger partial charge in [0, 0.05) is 5.39 Å². The standard InChI is InChI=1S/C12H14N2O/c1-3-8-5-6-9-10(7-8)12(15)14-13-11(9)4-2/h5-7H,3-4H2,1-2H3,(H,14,15). The number of aromatic amines is 1. The number of aromatic nitrogens is 2. The van der Waals surface area contributed by atoms with Gasteiger partial charge in [0.25, 0.3) is 5.56 Å². The summed E-state index contributed by atoms with van der Waals surface area (Å²) in [5, 5.41) is 8.30. The maximum Gasteiger partial charge on any atom is 0.272 e. The zero-order valence-corrected chi connectivity index (χ0v) is 9.00. The Kier molecular flexibility index (Phi) is 2.54. The fraction of sp³-hybridized carbons (Fsp3) is 0.333. The van der Waals surface area contributed by atoms with Gasteiger partial charge in [0.1, 0.15) is 0 Å². The third-order valence-corrected chi connectivity index (χ3v) is 2.68. The van der Waals surface area contributed by atoms with Gasteiger partial charge in [-0.15, -0.1) is 0 Å². The average molecular weight is 202 g/mol. The van der Waals surface area contributed by atoms with Crippen LogP contribution in [0.4, 0.5) is 0 Å². The molecule has 0 aliphatic heterocycles. The maximum absolute atomic E-state index is 11.6. The van der Waals surface area contributed by atoms with Crippen LogP contribution in [0.15, 0.2) is 23.0 Å². The largest absolute Gasteiger partial charge is 0.272 e. The van der Waals surface area contributed by atoms with Gasteiger partial charge >= 0.3 is 0 Å². The molecule has 3 heteroatoms. The van der Waals surface area contributed by atoms with Crippen molar-refractivity contribution in [3.05, 3.63) is 39.8 Å². The van der Waals surface area contributed by atoms with Crippen LogP contribution in [0.5, 0.6) is 0 Å². The quantitative estimate of drug-likeness (QED) is 0.810. The van der Waals surface area contributed by atoms with Gasteiger partial charge in [-0.3, -0.25) is 4.79 Å².